The number of H-pyrrole nitrogens is 1. The molecule has 0 radical (unpaired) electrons. The fourth-order valence-corrected chi connectivity index (χ4v) is 3.69. The van der Waals surface area contributed by atoms with Gasteiger partial charge in [-0.1, -0.05) is 12.1 Å². The molecule has 0 spiro atoms. The van der Waals surface area contributed by atoms with Crippen LogP contribution < -0.4 is 5.32 Å². The highest BCUT2D eigenvalue weighted by molar-refractivity contribution is 7.91. The fraction of sp³-hybridized carbons (Fsp3) is 0.0667. The number of hydrogen-bond donors (Lipinski definition) is 2. The van der Waals surface area contributed by atoms with Gasteiger partial charge in [0, 0.05) is 31.0 Å². The van der Waals surface area contributed by atoms with Crippen molar-refractivity contribution in [3.05, 3.63) is 54.5 Å². The number of pyridine rings is 1. The largest absolute Gasteiger partial charge is 0.359 e. The molecule has 0 unspecified atom stereocenters. The predicted molar refractivity (Wildman–Crippen MR) is 81.4 cm³/mol. The zero-order chi connectivity index (χ0) is 15.7. The summed E-state index contributed by atoms with van der Waals surface area (Å²) in [5.74, 6) is -0.280. The van der Waals surface area contributed by atoms with E-state index in [0.29, 0.717) is 16.5 Å². The number of carbonyl (C=O) groups is 1. The van der Waals surface area contributed by atoms with Crippen LogP contribution in [0.3, 0.4) is 0 Å². The van der Waals surface area contributed by atoms with Crippen molar-refractivity contribution in [1.29, 1.82) is 0 Å². The highest BCUT2D eigenvalue weighted by atomic mass is 32.2. The molecule has 1 amide bonds. The number of carbonyl (C=O) groups excluding carboxylic acids is 1. The second-order valence-electron chi connectivity index (χ2n) is 4.65. The van der Waals surface area contributed by atoms with Crippen LogP contribution in [0.1, 0.15) is 10.4 Å². The highest BCUT2D eigenvalue weighted by Crippen LogP contribution is 2.29. The molecular formula is C15H13N3O3S. The molecule has 0 saturated carbocycles. The third-order valence-corrected chi connectivity index (χ3v) is 5.16. The van der Waals surface area contributed by atoms with Crippen LogP contribution in [0.5, 0.6) is 0 Å². The Bertz CT molecular complexity index is 947. The van der Waals surface area contributed by atoms with E-state index in [2.05, 4.69) is 15.3 Å². The van der Waals surface area contributed by atoms with Gasteiger partial charge in [-0.15, -0.1) is 0 Å². The summed E-state index contributed by atoms with van der Waals surface area (Å²) in [6.45, 7) is 0. The summed E-state index contributed by atoms with van der Waals surface area (Å²) in [7, 11) is -2.17. The number of fused-ring (bicyclic) bond motifs is 1. The Labute approximate surface area is 127 Å². The maximum atomic E-state index is 12.7. The zero-order valence-corrected chi connectivity index (χ0v) is 12.5. The highest BCUT2D eigenvalue weighted by Gasteiger charge is 2.23. The molecule has 3 rings (SSSR count). The normalized spacial score (nSPS) is 11.5. The van der Waals surface area contributed by atoms with E-state index in [-0.39, 0.29) is 15.7 Å². The average Bonchev–Trinajstić information content (AvgIpc) is 2.99. The summed E-state index contributed by atoms with van der Waals surface area (Å²) >= 11 is 0. The van der Waals surface area contributed by atoms with Gasteiger partial charge >= 0.3 is 0 Å². The smallest absolute Gasteiger partial charge is 0.253 e. The van der Waals surface area contributed by atoms with Crippen LogP contribution in [-0.4, -0.2) is 31.3 Å². The standard InChI is InChI=1S/C15H13N3O3S/c1-16-15(19)12-6-2-5-11-13(9-18-14(11)12)22(20,21)10-4-3-7-17-8-10/h2-9,18H,1H3,(H,16,19). The fourth-order valence-electron chi connectivity index (χ4n) is 2.31. The van der Waals surface area contributed by atoms with Crippen LogP contribution in [0, 0.1) is 0 Å². The molecule has 3 aromatic rings. The predicted octanol–water partition coefficient (Wildman–Crippen LogP) is 1.76. The third kappa shape index (κ3) is 2.15. The quantitative estimate of drug-likeness (QED) is 0.770. The molecule has 0 aliphatic carbocycles. The number of para-hydroxylation sites is 1. The molecule has 0 atom stereocenters. The number of hydrogen-bond acceptors (Lipinski definition) is 4. The van der Waals surface area contributed by atoms with Gasteiger partial charge in [0.1, 0.15) is 0 Å². The molecule has 0 aliphatic heterocycles. The van der Waals surface area contributed by atoms with Gasteiger partial charge < -0.3 is 10.3 Å². The first-order valence-corrected chi connectivity index (χ1v) is 8.01. The molecule has 6 nitrogen and oxygen atoms in total. The average molecular weight is 315 g/mol. The number of sulfone groups is 1. The minimum atomic E-state index is -3.70. The topological polar surface area (TPSA) is 91.9 Å². The van der Waals surface area contributed by atoms with Gasteiger partial charge in [0.25, 0.3) is 5.91 Å². The molecule has 2 aromatic heterocycles. The van der Waals surface area contributed by atoms with Gasteiger partial charge in [-0.05, 0) is 18.2 Å². The Hall–Kier alpha value is -2.67. The van der Waals surface area contributed by atoms with E-state index in [0.717, 1.165) is 0 Å². The summed E-state index contributed by atoms with van der Waals surface area (Å²) in [4.78, 5) is 18.8. The van der Waals surface area contributed by atoms with Crippen LogP contribution in [0.25, 0.3) is 10.9 Å². The van der Waals surface area contributed by atoms with E-state index in [1.165, 1.54) is 31.7 Å². The molecule has 0 aliphatic rings. The summed E-state index contributed by atoms with van der Waals surface area (Å²) < 4.78 is 25.4. The molecular weight excluding hydrogens is 302 g/mol. The van der Waals surface area contributed by atoms with E-state index >= 15 is 0 Å². The van der Waals surface area contributed by atoms with E-state index in [1.54, 1.807) is 24.3 Å². The summed E-state index contributed by atoms with van der Waals surface area (Å²) in [5.41, 5.74) is 0.886. The molecule has 0 bridgehead atoms. The molecule has 7 heteroatoms. The second-order valence-corrected chi connectivity index (χ2v) is 6.57. The number of amides is 1. The SMILES string of the molecule is CNC(=O)c1cccc2c(S(=O)(=O)c3cccnc3)c[nH]c12. The zero-order valence-electron chi connectivity index (χ0n) is 11.7. The number of aromatic nitrogens is 2. The van der Waals surface area contributed by atoms with E-state index in [4.69, 9.17) is 0 Å². The molecule has 2 heterocycles. The minimum Gasteiger partial charge on any atom is -0.359 e. The van der Waals surface area contributed by atoms with Crippen LogP contribution >= 0.6 is 0 Å². The number of aromatic amines is 1. The van der Waals surface area contributed by atoms with Crippen LogP contribution in [0.2, 0.25) is 0 Å². The van der Waals surface area contributed by atoms with Crippen molar-refractivity contribution in [3.8, 4) is 0 Å². The Morgan fingerprint density at radius 3 is 2.73 bits per heavy atom. The molecule has 22 heavy (non-hydrogen) atoms. The lowest BCUT2D eigenvalue weighted by Gasteiger charge is -2.04. The molecule has 2 N–H and O–H groups in total. The van der Waals surface area contributed by atoms with Crippen LogP contribution in [-0.2, 0) is 9.84 Å². The van der Waals surface area contributed by atoms with Crippen LogP contribution in [0.15, 0.2) is 58.7 Å². The van der Waals surface area contributed by atoms with Crippen LogP contribution in [0.4, 0.5) is 0 Å². The lowest BCUT2D eigenvalue weighted by Crippen LogP contribution is -2.18. The van der Waals surface area contributed by atoms with Crippen molar-refractivity contribution < 1.29 is 13.2 Å². The Kier molecular flexibility index (Phi) is 3.42. The van der Waals surface area contributed by atoms with Gasteiger partial charge in [0.05, 0.1) is 20.9 Å². The van der Waals surface area contributed by atoms with Gasteiger partial charge in [0.15, 0.2) is 0 Å². The molecule has 0 fully saturated rings. The molecule has 1 aromatic carbocycles. The maximum absolute atomic E-state index is 12.7. The second kappa shape index (κ2) is 5.27. The van der Waals surface area contributed by atoms with Gasteiger partial charge in [0.2, 0.25) is 9.84 Å². The lowest BCUT2D eigenvalue weighted by atomic mass is 10.1. The van der Waals surface area contributed by atoms with E-state index in [9.17, 15) is 13.2 Å². The van der Waals surface area contributed by atoms with E-state index < -0.39 is 9.84 Å². The number of nitrogens with zero attached hydrogens (tertiary/aromatic N) is 1. The third-order valence-electron chi connectivity index (χ3n) is 3.38. The monoisotopic (exact) mass is 315 g/mol. The Balaban J connectivity index is 2.24. The van der Waals surface area contributed by atoms with Crippen molar-refractivity contribution in [3.63, 3.8) is 0 Å². The van der Waals surface area contributed by atoms with Crippen molar-refractivity contribution >= 4 is 26.6 Å². The molecule has 112 valence electrons. The Morgan fingerprint density at radius 1 is 1.23 bits per heavy atom. The maximum Gasteiger partial charge on any atom is 0.253 e. The number of benzene rings is 1. The van der Waals surface area contributed by atoms with Gasteiger partial charge in [-0.25, -0.2) is 8.42 Å². The summed E-state index contributed by atoms with van der Waals surface area (Å²) in [6.07, 6.45) is 4.22. The first-order valence-electron chi connectivity index (χ1n) is 6.53. The first-order chi connectivity index (χ1) is 10.6. The van der Waals surface area contributed by atoms with Crippen molar-refractivity contribution in [2.45, 2.75) is 9.79 Å². The molecule has 0 saturated heterocycles. The summed E-state index contributed by atoms with van der Waals surface area (Å²) in [5, 5.41) is 3.01. The van der Waals surface area contributed by atoms with Crippen molar-refractivity contribution in [1.82, 2.24) is 15.3 Å². The van der Waals surface area contributed by atoms with E-state index in [1.807, 2.05) is 0 Å². The lowest BCUT2D eigenvalue weighted by molar-refractivity contribution is 0.0964. The van der Waals surface area contributed by atoms with Gasteiger partial charge in [-0.2, -0.15) is 0 Å². The van der Waals surface area contributed by atoms with Crippen molar-refractivity contribution in [2.24, 2.45) is 0 Å². The van der Waals surface area contributed by atoms with Crippen molar-refractivity contribution in [2.75, 3.05) is 7.05 Å². The number of rotatable bonds is 3. The Morgan fingerprint density at radius 2 is 2.05 bits per heavy atom. The van der Waals surface area contributed by atoms with Gasteiger partial charge in [-0.3, -0.25) is 9.78 Å². The summed E-state index contributed by atoms with van der Waals surface area (Å²) in [6, 6.07) is 8.02. The number of nitrogens with one attached hydrogen (secondary N) is 2. The minimum absolute atomic E-state index is 0.112. The first kappa shape index (κ1) is 14.3.